The lowest BCUT2D eigenvalue weighted by Gasteiger charge is -2.40. The summed E-state index contributed by atoms with van der Waals surface area (Å²) in [6, 6.07) is 9.80. The first-order chi connectivity index (χ1) is 18.6. The van der Waals surface area contributed by atoms with Gasteiger partial charge in [-0.15, -0.1) is 0 Å². The number of hydrogen-bond donors (Lipinski definition) is 0. The van der Waals surface area contributed by atoms with E-state index in [1.165, 1.54) is 0 Å². The Morgan fingerprint density at radius 3 is 2.46 bits per heavy atom. The van der Waals surface area contributed by atoms with Crippen LogP contribution in [-0.2, 0) is 33.8 Å². The number of carbonyl (C=O) groups excluding carboxylic acids is 1. The molecule has 4 aliphatic rings. The molecule has 3 fully saturated rings. The maximum absolute atomic E-state index is 14.6. The van der Waals surface area contributed by atoms with E-state index in [-0.39, 0.29) is 17.1 Å². The Balaban J connectivity index is 1.62. The van der Waals surface area contributed by atoms with Crippen molar-refractivity contribution >= 4 is 11.5 Å². The Kier molecular flexibility index (Phi) is 7.85. The monoisotopic (exact) mass is 540 g/mol. The summed E-state index contributed by atoms with van der Waals surface area (Å²) in [6.45, 7) is 17.7. The van der Waals surface area contributed by atoms with Gasteiger partial charge in [-0.2, -0.15) is 0 Å². The van der Waals surface area contributed by atoms with Gasteiger partial charge in [0.1, 0.15) is 23.6 Å². The molecule has 3 aliphatic carbocycles. The molecule has 1 aromatic rings. The summed E-state index contributed by atoms with van der Waals surface area (Å²) >= 11 is 0. The molecule has 1 heterocycles. The fourth-order valence-electron chi connectivity index (χ4n) is 7.26. The van der Waals surface area contributed by atoms with Crippen LogP contribution in [0.3, 0.4) is 0 Å². The van der Waals surface area contributed by atoms with Crippen LogP contribution in [0.2, 0.25) is 0 Å². The van der Waals surface area contributed by atoms with Crippen LogP contribution in [0.15, 0.2) is 48.6 Å². The van der Waals surface area contributed by atoms with Crippen LogP contribution in [-0.4, -0.2) is 49.0 Å². The Morgan fingerprint density at radius 1 is 1.13 bits per heavy atom. The van der Waals surface area contributed by atoms with E-state index in [0.717, 1.165) is 18.4 Å². The molecule has 0 aromatic heterocycles. The highest BCUT2D eigenvalue weighted by atomic mass is 17.2. The third kappa shape index (κ3) is 5.02. The second kappa shape index (κ2) is 10.7. The van der Waals surface area contributed by atoms with Gasteiger partial charge in [-0.05, 0) is 68.8 Å². The fraction of sp³-hybridized carbons (Fsp3) is 0.656. The molecule has 214 valence electrons. The molecular formula is C32H44O7. The summed E-state index contributed by atoms with van der Waals surface area (Å²) in [5.41, 5.74) is -0.228. The smallest absolute Gasteiger partial charge is 0.193 e. The summed E-state index contributed by atoms with van der Waals surface area (Å²) in [5, 5.41) is 0. The van der Waals surface area contributed by atoms with Crippen molar-refractivity contribution < 1.29 is 33.8 Å². The zero-order valence-corrected chi connectivity index (χ0v) is 24.2. The van der Waals surface area contributed by atoms with Crippen molar-refractivity contribution in [3.8, 4) is 0 Å². The first-order valence-electron chi connectivity index (χ1n) is 14.5. The fourth-order valence-corrected chi connectivity index (χ4v) is 7.26. The molecule has 0 bridgehead atoms. The average Bonchev–Trinajstić information content (AvgIpc) is 3.78. The highest BCUT2D eigenvalue weighted by Crippen LogP contribution is 2.64. The van der Waals surface area contributed by atoms with Crippen molar-refractivity contribution in [1.82, 2.24) is 0 Å². The highest BCUT2D eigenvalue weighted by Gasteiger charge is 2.70. The minimum atomic E-state index is -1.34. The van der Waals surface area contributed by atoms with Gasteiger partial charge >= 0.3 is 0 Å². The molecule has 7 heteroatoms. The highest BCUT2D eigenvalue weighted by molar-refractivity contribution is 6.02. The van der Waals surface area contributed by atoms with Crippen LogP contribution in [0.5, 0.6) is 0 Å². The third-order valence-electron chi connectivity index (χ3n) is 9.62. The van der Waals surface area contributed by atoms with E-state index in [2.05, 4.69) is 33.4 Å². The Labute approximate surface area is 232 Å². The van der Waals surface area contributed by atoms with Crippen LogP contribution < -0.4 is 0 Å². The van der Waals surface area contributed by atoms with Crippen molar-refractivity contribution in [2.45, 2.75) is 84.2 Å². The molecule has 0 unspecified atom stereocenters. The van der Waals surface area contributed by atoms with Crippen LogP contribution in [0.25, 0.3) is 5.76 Å². The third-order valence-corrected chi connectivity index (χ3v) is 9.62. The number of rotatable bonds is 9. The summed E-state index contributed by atoms with van der Waals surface area (Å²) < 4.78 is 12.9. The van der Waals surface area contributed by atoms with Gasteiger partial charge in [0.15, 0.2) is 11.4 Å². The lowest BCUT2D eigenvalue weighted by molar-refractivity contribution is -0.389. The van der Waals surface area contributed by atoms with E-state index in [9.17, 15) is 4.79 Å². The normalized spacial score (nSPS) is 40.2. The SMILES string of the molecule is C=C(O[C@@H]1[C@@H]2[C@@H](OOCC)[C@]3(CC[C@H]4[C@@H](/C=C(\C)C(=O)[C@@]2(OOCC)C[C@@H]1C)C4(C)C)CO3)c1ccccc1. The summed E-state index contributed by atoms with van der Waals surface area (Å²) in [5.74, 6) is 0.620. The van der Waals surface area contributed by atoms with Gasteiger partial charge in [0, 0.05) is 5.56 Å². The zero-order chi connectivity index (χ0) is 28.0. The van der Waals surface area contributed by atoms with Crippen molar-refractivity contribution in [1.29, 1.82) is 0 Å². The van der Waals surface area contributed by atoms with Gasteiger partial charge < -0.3 is 9.47 Å². The first kappa shape index (κ1) is 28.5. The molecule has 0 N–H and O–H groups in total. The van der Waals surface area contributed by atoms with Crippen LogP contribution >= 0.6 is 0 Å². The average molecular weight is 541 g/mol. The minimum absolute atomic E-state index is 0.0655. The van der Waals surface area contributed by atoms with Gasteiger partial charge in [0.2, 0.25) is 0 Å². The Morgan fingerprint density at radius 2 is 1.82 bits per heavy atom. The van der Waals surface area contributed by atoms with Crippen molar-refractivity contribution in [2.75, 3.05) is 19.8 Å². The molecule has 0 radical (unpaired) electrons. The van der Waals surface area contributed by atoms with Gasteiger partial charge in [-0.1, -0.05) is 63.8 Å². The lowest BCUT2D eigenvalue weighted by atomic mass is 9.74. The first-order valence-corrected chi connectivity index (χ1v) is 14.5. The second-order valence-electron chi connectivity index (χ2n) is 12.4. The molecule has 8 atom stereocenters. The minimum Gasteiger partial charge on any atom is -0.490 e. The number of carbonyl (C=O) groups is 1. The Hall–Kier alpha value is -2.03. The van der Waals surface area contributed by atoms with Gasteiger partial charge in [0.25, 0.3) is 0 Å². The molecule has 1 saturated heterocycles. The van der Waals surface area contributed by atoms with Crippen molar-refractivity contribution in [3.63, 3.8) is 0 Å². The molecule has 7 nitrogen and oxygen atoms in total. The number of hydrogen-bond acceptors (Lipinski definition) is 7. The number of ether oxygens (including phenoxy) is 2. The van der Waals surface area contributed by atoms with Crippen LogP contribution in [0.1, 0.15) is 66.4 Å². The molecule has 1 aliphatic heterocycles. The molecule has 1 aromatic carbocycles. The van der Waals surface area contributed by atoms with Crippen LogP contribution in [0, 0.1) is 29.1 Å². The van der Waals surface area contributed by atoms with Gasteiger partial charge in [-0.25, -0.2) is 19.6 Å². The lowest BCUT2D eigenvalue weighted by Crippen LogP contribution is -2.57. The van der Waals surface area contributed by atoms with Crippen LogP contribution in [0.4, 0.5) is 0 Å². The van der Waals surface area contributed by atoms with E-state index >= 15 is 0 Å². The second-order valence-corrected chi connectivity index (χ2v) is 12.4. The van der Waals surface area contributed by atoms with E-state index in [1.807, 2.05) is 51.1 Å². The van der Waals surface area contributed by atoms with Crippen molar-refractivity contribution in [2.24, 2.45) is 29.1 Å². The van der Waals surface area contributed by atoms with Gasteiger partial charge in [0.05, 0.1) is 25.7 Å². The summed E-state index contributed by atoms with van der Waals surface area (Å²) in [4.78, 5) is 38.3. The number of epoxide rings is 1. The zero-order valence-electron chi connectivity index (χ0n) is 24.2. The Bertz CT molecular complexity index is 1090. The quantitative estimate of drug-likeness (QED) is 0.162. The number of benzene rings is 1. The number of allylic oxidation sites excluding steroid dienone is 1. The number of ketones is 1. The molecular weight excluding hydrogens is 496 g/mol. The molecule has 0 amide bonds. The maximum Gasteiger partial charge on any atom is 0.193 e. The number of fused-ring (bicyclic) bond motifs is 2. The van der Waals surface area contributed by atoms with Gasteiger partial charge in [-0.3, -0.25) is 4.79 Å². The van der Waals surface area contributed by atoms with E-state index in [4.69, 9.17) is 29.0 Å². The topological polar surface area (TPSA) is 75.8 Å². The van der Waals surface area contributed by atoms with Crippen molar-refractivity contribution in [3.05, 3.63) is 54.1 Å². The van der Waals surface area contributed by atoms with E-state index in [1.54, 1.807) is 0 Å². The van der Waals surface area contributed by atoms with E-state index in [0.29, 0.717) is 49.4 Å². The summed E-state index contributed by atoms with van der Waals surface area (Å²) in [6.07, 6.45) is 3.30. The molecule has 5 rings (SSSR count). The number of Topliss-reactive ketones (excluding diaryl/α,β-unsaturated/α-hetero) is 1. The predicted octanol–water partition coefficient (Wildman–Crippen LogP) is 6.09. The largest absolute Gasteiger partial charge is 0.490 e. The predicted molar refractivity (Wildman–Crippen MR) is 147 cm³/mol. The molecule has 2 saturated carbocycles. The molecule has 1 spiro atoms. The van der Waals surface area contributed by atoms with E-state index < -0.39 is 29.3 Å². The maximum atomic E-state index is 14.6. The standard InChI is InChI=1S/C32H44O7/c1-8-35-38-29-26-27(37-22(5)23-13-11-10-12-14-23)21(4)18-32(26,39-36-9-2)28(33)20(3)17-25-24(30(25,6)7)15-16-31(29)19-34-31/h10-14,17,21,24-27,29H,5,8-9,15-16,18-19H2,1-4,6-7H3/b20-17+/t21-,24-,25+,26+,27-,29+,31-,32+/m0/s1. The summed E-state index contributed by atoms with van der Waals surface area (Å²) in [7, 11) is 0. The molecule has 39 heavy (non-hydrogen) atoms.